The maximum atomic E-state index is 3.67. The SMILES string of the molecule is CCCNC(CC)C(C)CC(C)CCC. The van der Waals surface area contributed by atoms with Gasteiger partial charge in [0, 0.05) is 6.04 Å². The summed E-state index contributed by atoms with van der Waals surface area (Å²) in [6.07, 6.45) is 6.60. The highest BCUT2D eigenvalue weighted by molar-refractivity contribution is 4.73. The van der Waals surface area contributed by atoms with Gasteiger partial charge in [-0.1, -0.05) is 47.5 Å². The Bertz CT molecular complexity index is 133. The third kappa shape index (κ3) is 6.94. The van der Waals surface area contributed by atoms with E-state index in [4.69, 9.17) is 0 Å². The van der Waals surface area contributed by atoms with Gasteiger partial charge in [0.25, 0.3) is 0 Å². The molecule has 0 amide bonds. The lowest BCUT2D eigenvalue weighted by atomic mass is 9.88. The predicted molar refractivity (Wildman–Crippen MR) is 70.2 cm³/mol. The number of rotatable bonds is 9. The van der Waals surface area contributed by atoms with E-state index in [0.717, 1.165) is 17.9 Å². The molecule has 0 bridgehead atoms. The third-order valence-electron chi connectivity index (χ3n) is 3.34. The highest BCUT2D eigenvalue weighted by atomic mass is 14.9. The summed E-state index contributed by atoms with van der Waals surface area (Å²) >= 11 is 0. The summed E-state index contributed by atoms with van der Waals surface area (Å²) in [5.74, 6) is 1.71. The number of nitrogens with one attached hydrogen (secondary N) is 1. The van der Waals surface area contributed by atoms with Crippen molar-refractivity contribution in [3.63, 3.8) is 0 Å². The van der Waals surface area contributed by atoms with E-state index in [2.05, 4.69) is 39.9 Å². The van der Waals surface area contributed by atoms with Crippen LogP contribution in [0.15, 0.2) is 0 Å². The lowest BCUT2D eigenvalue weighted by Gasteiger charge is -2.26. The fourth-order valence-corrected chi connectivity index (χ4v) is 2.49. The van der Waals surface area contributed by atoms with E-state index < -0.39 is 0 Å². The molecular weight excluding hydrogens is 182 g/mol. The van der Waals surface area contributed by atoms with Gasteiger partial charge in [0.2, 0.25) is 0 Å². The fraction of sp³-hybridized carbons (Fsp3) is 1.00. The minimum Gasteiger partial charge on any atom is -0.314 e. The van der Waals surface area contributed by atoms with Crippen molar-refractivity contribution in [3.05, 3.63) is 0 Å². The molecule has 0 aliphatic heterocycles. The standard InChI is InChI=1S/C14H31N/c1-6-9-12(4)11-13(5)14(8-3)15-10-7-2/h12-15H,6-11H2,1-5H3. The van der Waals surface area contributed by atoms with Crippen LogP contribution in [0.1, 0.15) is 66.7 Å². The Kier molecular flexibility index (Phi) is 9.18. The van der Waals surface area contributed by atoms with Crippen LogP contribution in [0.4, 0.5) is 0 Å². The van der Waals surface area contributed by atoms with Crippen molar-refractivity contribution < 1.29 is 0 Å². The molecule has 0 spiro atoms. The first-order chi connectivity index (χ1) is 7.15. The third-order valence-corrected chi connectivity index (χ3v) is 3.34. The second-order valence-corrected chi connectivity index (χ2v) is 5.08. The summed E-state index contributed by atoms with van der Waals surface area (Å²) in [5.41, 5.74) is 0. The Hall–Kier alpha value is -0.0400. The summed E-state index contributed by atoms with van der Waals surface area (Å²) < 4.78 is 0. The minimum atomic E-state index is 0.726. The average Bonchev–Trinajstić information content (AvgIpc) is 2.19. The molecular formula is C14H31N. The molecule has 0 aromatic heterocycles. The highest BCUT2D eigenvalue weighted by Crippen LogP contribution is 2.20. The van der Waals surface area contributed by atoms with Crippen LogP contribution >= 0.6 is 0 Å². The van der Waals surface area contributed by atoms with Crippen LogP contribution in [0.2, 0.25) is 0 Å². The highest BCUT2D eigenvalue weighted by Gasteiger charge is 2.16. The first kappa shape index (κ1) is 15.0. The van der Waals surface area contributed by atoms with Crippen molar-refractivity contribution in [2.75, 3.05) is 6.54 Å². The summed E-state index contributed by atoms with van der Waals surface area (Å²) in [5, 5.41) is 3.67. The van der Waals surface area contributed by atoms with Crippen LogP contribution in [-0.4, -0.2) is 12.6 Å². The van der Waals surface area contributed by atoms with Gasteiger partial charge in [-0.05, 0) is 37.6 Å². The molecule has 0 radical (unpaired) electrons. The summed E-state index contributed by atoms with van der Waals surface area (Å²) in [4.78, 5) is 0. The molecule has 3 unspecified atom stereocenters. The van der Waals surface area contributed by atoms with Crippen LogP contribution in [0, 0.1) is 11.8 Å². The van der Waals surface area contributed by atoms with Crippen molar-refractivity contribution in [2.24, 2.45) is 11.8 Å². The predicted octanol–water partition coefficient (Wildman–Crippen LogP) is 4.23. The molecule has 0 fully saturated rings. The maximum absolute atomic E-state index is 3.67. The second kappa shape index (κ2) is 9.21. The quantitative estimate of drug-likeness (QED) is 0.604. The summed E-state index contributed by atoms with van der Waals surface area (Å²) in [6.45, 7) is 12.8. The van der Waals surface area contributed by atoms with E-state index in [-0.39, 0.29) is 0 Å². The van der Waals surface area contributed by atoms with Crippen molar-refractivity contribution in [2.45, 2.75) is 72.8 Å². The van der Waals surface area contributed by atoms with Crippen molar-refractivity contribution in [1.29, 1.82) is 0 Å². The zero-order valence-corrected chi connectivity index (χ0v) is 11.5. The molecule has 0 rings (SSSR count). The van der Waals surface area contributed by atoms with E-state index in [9.17, 15) is 0 Å². The maximum Gasteiger partial charge on any atom is 0.00901 e. The van der Waals surface area contributed by atoms with Crippen molar-refractivity contribution in [3.8, 4) is 0 Å². The monoisotopic (exact) mass is 213 g/mol. The zero-order chi connectivity index (χ0) is 11.7. The van der Waals surface area contributed by atoms with Gasteiger partial charge in [-0.3, -0.25) is 0 Å². The molecule has 0 aromatic carbocycles. The molecule has 0 heterocycles. The number of hydrogen-bond acceptors (Lipinski definition) is 1. The Labute approximate surface area is 97.0 Å². The minimum absolute atomic E-state index is 0.726. The average molecular weight is 213 g/mol. The molecule has 0 aliphatic carbocycles. The first-order valence-electron chi connectivity index (χ1n) is 6.88. The van der Waals surface area contributed by atoms with Crippen LogP contribution in [0.25, 0.3) is 0 Å². The zero-order valence-electron chi connectivity index (χ0n) is 11.5. The van der Waals surface area contributed by atoms with Gasteiger partial charge in [0.15, 0.2) is 0 Å². The molecule has 3 atom stereocenters. The molecule has 1 nitrogen and oxygen atoms in total. The Morgan fingerprint density at radius 1 is 1.00 bits per heavy atom. The lowest BCUT2D eigenvalue weighted by Crippen LogP contribution is -2.35. The van der Waals surface area contributed by atoms with Gasteiger partial charge in [-0.15, -0.1) is 0 Å². The molecule has 15 heavy (non-hydrogen) atoms. The van der Waals surface area contributed by atoms with Crippen LogP contribution < -0.4 is 5.32 Å². The lowest BCUT2D eigenvalue weighted by molar-refractivity contribution is 0.299. The summed E-state index contributed by atoms with van der Waals surface area (Å²) in [7, 11) is 0. The normalized spacial score (nSPS) is 17.4. The molecule has 0 aromatic rings. The van der Waals surface area contributed by atoms with Crippen molar-refractivity contribution >= 4 is 0 Å². The topological polar surface area (TPSA) is 12.0 Å². The molecule has 0 saturated carbocycles. The second-order valence-electron chi connectivity index (χ2n) is 5.08. The van der Waals surface area contributed by atoms with Crippen molar-refractivity contribution in [1.82, 2.24) is 5.32 Å². The largest absolute Gasteiger partial charge is 0.314 e. The van der Waals surface area contributed by atoms with Crippen LogP contribution in [0.5, 0.6) is 0 Å². The number of hydrogen-bond donors (Lipinski definition) is 1. The molecule has 92 valence electrons. The Morgan fingerprint density at radius 2 is 1.67 bits per heavy atom. The van der Waals surface area contributed by atoms with Gasteiger partial charge in [-0.25, -0.2) is 0 Å². The molecule has 1 heteroatoms. The Balaban J connectivity index is 3.85. The van der Waals surface area contributed by atoms with E-state index in [1.54, 1.807) is 0 Å². The first-order valence-corrected chi connectivity index (χ1v) is 6.88. The van der Waals surface area contributed by atoms with E-state index in [1.165, 1.54) is 38.6 Å². The van der Waals surface area contributed by atoms with E-state index in [1.807, 2.05) is 0 Å². The van der Waals surface area contributed by atoms with Gasteiger partial charge >= 0.3 is 0 Å². The smallest absolute Gasteiger partial charge is 0.00901 e. The van der Waals surface area contributed by atoms with Gasteiger partial charge in [0.1, 0.15) is 0 Å². The molecule has 0 aliphatic rings. The van der Waals surface area contributed by atoms with E-state index in [0.29, 0.717) is 0 Å². The van der Waals surface area contributed by atoms with Crippen LogP contribution in [-0.2, 0) is 0 Å². The summed E-state index contributed by atoms with van der Waals surface area (Å²) in [6, 6.07) is 0.726. The molecule has 1 N–H and O–H groups in total. The van der Waals surface area contributed by atoms with Gasteiger partial charge < -0.3 is 5.32 Å². The van der Waals surface area contributed by atoms with Gasteiger partial charge in [-0.2, -0.15) is 0 Å². The fourth-order valence-electron chi connectivity index (χ4n) is 2.49. The Morgan fingerprint density at radius 3 is 2.13 bits per heavy atom. The molecule has 0 saturated heterocycles. The van der Waals surface area contributed by atoms with Gasteiger partial charge in [0.05, 0.1) is 0 Å². The van der Waals surface area contributed by atoms with Crippen LogP contribution in [0.3, 0.4) is 0 Å². The van der Waals surface area contributed by atoms with E-state index >= 15 is 0 Å².